The number of unbranched alkanes of at least 4 members (excludes halogenated alkanes) is 1. The summed E-state index contributed by atoms with van der Waals surface area (Å²) in [5.74, 6) is 0.0172. The van der Waals surface area contributed by atoms with Crippen molar-refractivity contribution in [1.82, 2.24) is 9.88 Å². The first-order valence-electron chi connectivity index (χ1n) is 6.16. The fourth-order valence-electron chi connectivity index (χ4n) is 1.58. The van der Waals surface area contributed by atoms with Gasteiger partial charge in [-0.15, -0.1) is 0 Å². The second-order valence-electron chi connectivity index (χ2n) is 3.92. The maximum absolute atomic E-state index is 12.1. The molecular weight excluding hydrogens is 214 g/mol. The lowest BCUT2D eigenvalue weighted by molar-refractivity contribution is 0.0756. The number of nitrogens with one attached hydrogen (secondary N) is 1. The van der Waals surface area contributed by atoms with Gasteiger partial charge in [-0.1, -0.05) is 13.3 Å². The number of nitrogens with zero attached hydrogens (tertiary/aromatic N) is 2. The summed E-state index contributed by atoms with van der Waals surface area (Å²) in [6.45, 7) is 5.66. The van der Waals surface area contributed by atoms with Crippen molar-refractivity contribution in [1.29, 1.82) is 0 Å². The molecule has 0 aliphatic rings. The van der Waals surface area contributed by atoms with Crippen LogP contribution in [0.25, 0.3) is 0 Å². The highest BCUT2D eigenvalue weighted by atomic mass is 16.2. The fourth-order valence-corrected chi connectivity index (χ4v) is 1.58. The zero-order chi connectivity index (χ0) is 12.7. The molecule has 1 rings (SSSR count). The SMILES string of the molecule is CCCCN(CC)C(=O)c1ccc(NC)cn1. The lowest BCUT2D eigenvalue weighted by Crippen LogP contribution is -2.32. The van der Waals surface area contributed by atoms with E-state index in [1.54, 1.807) is 12.3 Å². The van der Waals surface area contributed by atoms with Crippen LogP contribution in [0.5, 0.6) is 0 Å². The summed E-state index contributed by atoms with van der Waals surface area (Å²) in [6, 6.07) is 3.64. The van der Waals surface area contributed by atoms with Gasteiger partial charge in [0.2, 0.25) is 0 Å². The second kappa shape index (κ2) is 6.89. The largest absolute Gasteiger partial charge is 0.387 e. The number of hydrogen-bond acceptors (Lipinski definition) is 3. The number of rotatable bonds is 6. The first-order chi connectivity index (χ1) is 8.22. The standard InChI is InChI=1S/C13H21N3O/c1-4-6-9-16(5-2)13(17)12-8-7-11(14-3)10-15-12/h7-8,10,14H,4-6,9H2,1-3H3. The van der Waals surface area contributed by atoms with Crippen molar-refractivity contribution in [3.8, 4) is 0 Å². The molecule has 1 aromatic heterocycles. The monoisotopic (exact) mass is 235 g/mol. The van der Waals surface area contributed by atoms with E-state index in [9.17, 15) is 4.79 Å². The maximum Gasteiger partial charge on any atom is 0.272 e. The van der Waals surface area contributed by atoms with Crippen LogP contribution in [0.15, 0.2) is 18.3 Å². The molecule has 0 saturated heterocycles. The topological polar surface area (TPSA) is 45.2 Å². The average molecular weight is 235 g/mol. The number of carbonyl (C=O) groups is 1. The summed E-state index contributed by atoms with van der Waals surface area (Å²) in [7, 11) is 1.83. The van der Waals surface area contributed by atoms with Crippen LogP contribution in [0, 0.1) is 0 Å². The van der Waals surface area contributed by atoms with E-state index in [0.717, 1.165) is 31.6 Å². The molecule has 0 aliphatic heterocycles. The molecule has 0 saturated carbocycles. The Morgan fingerprint density at radius 2 is 2.18 bits per heavy atom. The molecule has 0 aliphatic carbocycles. The minimum atomic E-state index is 0.0172. The molecule has 1 aromatic rings. The zero-order valence-electron chi connectivity index (χ0n) is 10.9. The summed E-state index contributed by atoms with van der Waals surface area (Å²) in [4.78, 5) is 18.1. The Morgan fingerprint density at radius 1 is 1.41 bits per heavy atom. The molecule has 4 nitrogen and oxygen atoms in total. The Hall–Kier alpha value is -1.58. The predicted molar refractivity (Wildman–Crippen MR) is 70.3 cm³/mol. The third kappa shape index (κ3) is 3.73. The molecule has 1 N–H and O–H groups in total. The molecule has 0 bridgehead atoms. The van der Waals surface area contributed by atoms with Gasteiger partial charge in [-0.3, -0.25) is 4.79 Å². The number of carbonyl (C=O) groups excluding carboxylic acids is 1. The van der Waals surface area contributed by atoms with Gasteiger partial charge in [0.15, 0.2) is 0 Å². The van der Waals surface area contributed by atoms with E-state index < -0.39 is 0 Å². The fraction of sp³-hybridized carbons (Fsp3) is 0.538. The molecule has 0 radical (unpaired) electrons. The van der Waals surface area contributed by atoms with Gasteiger partial charge in [-0.2, -0.15) is 0 Å². The first-order valence-corrected chi connectivity index (χ1v) is 6.16. The molecule has 1 amide bonds. The number of amides is 1. The van der Waals surface area contributed by atoms with Crippen LogP contribution >= 0.6 is 0 Å². The molecule has 0 unspecified atom stereocenters. The molecule has 94 valence electrons. The van der Waals surface area contributed by atoms with Gasteiger partial charge in [-0.05, 0) is 25.5 Å². The number of hydrogen-bond donors (Lipinski definition) is 1. The van der Waals surface area contributed by atoms with Gasteiger partial charge in [0.1, 0.15) is 5.69 Å². The number of pyridine rings is 1. The summed E-state index contributed by atoms with van der Waals surface area (Å²) in [5, 5.41) is 2.98. The Bertz CT molecular complexity index is 348. The lowest BCUT2D eigenvalue weighted by Gasteiger charge is -2.20. The Kier molecular flexibility index (Phi) is 5.46. The molecule has 0 fully saturated rings. The van der Waals surface area contributed by atoms with E-state index in [1.807, 2.05) is 24.9 Å². The minimum Gasteiger partial charge on any atom is -0.387 e. The van der Waals surface area contributed by atoms with Gasteiger partial charge >= 0.3 is 0 Å². The molecule has 17 heavy (non-hydrogen) atoms. The summed E-state index contributed by atoms with van der Waals surface area (Å²) in [5.41, 5.74) is 1.43. The van der Waals surface area contributed by atoms with Crippen molar-refractivity contribution < 1.29 is 4.79 Å². The highest BCUT2D eigenvalue weighted by Gasteiger charge is 2.14. The Balaban J connectivity index is 2.71. The van der Waals surface area contributed by atoms with Crippen LogP contribution in [-0.4, -0.2) is 35.9 Å². The van der Waals surface area contributed by atoms with Gasteiger partial charge in [0, 0.05) is 20.1 Å². The summed E-state index contributed by atoms with van der Waals surface area (Å²) < 4.78 is 0. The van der Waals surface area contributed by atoms with E-state index in [1.165, 1.54) is 0 Å². The van der Waals surface area contributed by atoms with Crippen molar-refractivity contribution >= 4 is 11.6 Å². The molecule has 0 spiro atoms. The highest BCUT2D eigenvalue weighted by molar-refractivity contribution is 5.92. The van der Waals surface area contributed by atoms with Crippen molar-refractivity contribution in [2.24, 2.45) is 0 Å². The normalized spacial score (nSPS) is 10.1. The quantitative estimate of drug-likeness (QED) is 0.823. The smallest absolute Gasteiger partial charge is 0.272 e. The molecule has 0 aromatic carbocycles. The van der Waals surface area contributed by atoms with Crippen LogP contribution < -0.4 is 5.32 Å². The average Bonchev–Trinajstić information content (AvgIpc) is 2.39. The summed E-state index contributed by atoms with van der Waals surface area (Å²) in [6.07, 6.45) is 3.81. The van der Waals surface area contributed by atoms with Crippen molar-refractivity contribution in [2.45, 2.75) is 26.7 Å². The third-order valence-electron chi connectivity index (χ3n) is 2.72. The van der Waals surface area contributed by atoms with Gasteiger partial charge < -0.3 is 10.2 Å². The predicted octanol–water partition coefficient (Wildman–Crippen LogP) is 2.39. The van der Waals surface area contributed by atoms with E-state index >= 15 is 0 Å². The van der Waals surface area contributed by atoms with Crippen LogP contribution in [-0.2, 0) is 0 Å². The van der Waals surface area contributed by atoms with Gasteiger partial charge in [0.05, 0.1) is 11.9 Å². The zero-order valence-corrected chi connectivity index (χ0v) is 10.9. The highest BCUT2D eigenvalue weighted by Crippen LogP contribution is 2.08. The van der Waals surface area contributed by atoms with E-state index in [4.69, 9.17) is 0 Å². The van der Waals surface area contributed by atoms with Crippen LogP contribution in [0.1, 0.15) is 37.2 Å². The number of anilines is 1. The number of aromatic nitrogens is 1. The van der Waals surface area contributed by atoms with Gasteiger partial charge in [-0.25, -0.2) is 4.98 Å². The van der Waals surface area contributed by atoms with Crippen LogP contribution in [0.2, 0.25) is 0 Å². The Labute approximate surface area is 103 Å². The minimum absolute atomic E-state index is 0.0172. The van der Waals surface area contributed by atoms with Gasteiger partial charge in [0.25, 0.3) is 5.91 Å². The maximum atomic E-state index is 12.1. The van der Waals surface area contributed by atoms with E-state index in [0.29, 0.717) is 5.69 Å². The lowest BCUT2D eigenvalue weighted by atomic mass is 10.2. The van der Waals surface area contributed by atoms with E-state index in [-0.39, 0.29) is 5.91 Å². The third-order valence-corrected chi connectivity index (χ3v) is 2.72. The molecular formula is C13H21N3O. The van der Waals surface area contributed by atoms with Crippen LogP contribution in [0.4, 0.5) is 5.69 Å². The Morgan fingerprint density at radius 3 is 2.65 bits per heavy atom. The first kappa shape index (κ1) is 13.5. The van der Waals surface area contributed by atoms with E-state index in [2.05, 4.69) is 17.2 Å². The molecule has 0 atom stereocenters. The van der Waals surface area contributed by atoms with Crippen molar-refractivity contribution in [2.75, 3.05) is 25.5 Å². The molecule has 4 heteroatoms. The second-order valence-corrected chi connectivity index (χ2v) is 3.92. The van der Waals surface area contributed by atoms with Crippen molar-refractivity contribution in [3.63, 3.8) is 0 Å². The van der Waals surface area contributed by atoms with Crippen molar-refractivity contribution in [3.05, 3.63) is 24.0 Å². The summed E-state index contributed by atoms with van der Waals surface area (Å²) >= 11 is 0. The molecule has 1 heterocycles. The van der Waals surface area contributed by atoms with Crippen LogP contribution in [0.3, 0.4) is 0 Å².